The molecule has 9 heteroatoms. The number of hydrogen-bond donors (Lipinski definition) is 2. The molecule has 2 N–H and O–H groups in total. The molecule has 0 aliphatic heterocycles. The van der Waals surface area contributed by atoms with Gasteiger partial charge in [-0.1, -0.05) is 0 Å². The van der Waals surface area contributed by atoms with Crippen LogP contribution in [0.15, 0.2) is 60.9 Å². The van der Waals surface area contributed by atoms with Gasteiger partial charge in [-0.25, -0.2) is 18.7 Å². The molecule has 0 saturated carbocycles. The normalized spacial score (nSPS) is 11.1. The Balaban J connectivity index is 1.68. The monoisotopic (exact) mass is 448 g/mol. The first-order valence-electron chi connectivity index (χ1n) is 10.3. The topological polar surface area (TPSA) is 83.0 Å². The van der Waals surface area contributed by atoms with E-state index >= 15 is 0 Å². The third kappa shape index (κ3) is 5.27. The molecule has 0 spiro atoms. The number of benzene rings is 1. The van der Waals surface area contributed by atoms with E-state index in [1.165, 1.54) is 6.20 Å². The molecule has 0 aliphatic rings. The maximum atomic E-state index is 14.4. The molecule has 0 unspecified atom stereocenters. The highest BCUT2D eigenvalue weighted by molar-refractivity contribution is 5.95. The second-order valence-electron chi connectivity index (χ2n) is 7.67. The third-order valence-electron chi connectivity index (χ3n) is 4.90. The van der Waals surface area contributed by atoms with E-state index in [-0.39, 0.29) is 22.9 Å². The molecule has 0 radical (unpaired) electrons. The Morgan fingerprint density at radius 2 is 1.88 bits per heavy atom. The summed E-state index contributed by atoms with van der Waals surface area (Å²) in [5.41, 5.74) is 2.07. The average Bonchev–Trinajstić information content (AvgIpc) is 2.80. The molecule has 1 aromatic carbocycles. The highest BCUT2D eigenvalue weighted by atomic mass is 19.1. The number of nitrogens with zero attached hydrogens (tertiary/aromatic N) is 4. The summed E-state index contributed by atoms with van der Waals surface area (Å²) in [5, 5.41) is 6.75. The van der Waals surface area contributed by atoms with Crippen LogP contribution in [0.5, 0.6) is 0 Å². The summed E-state index contributed by atoms with van der Waals surface area (Å²) in [4.78, 5) is 27.2. The molecular weight excluding hydrogens is 426 g/mol. The van der Waals surface area contributed by atoms with E-state index in [1.807, 2.05) is 25.1 Å². The van der Waals surface area contributed by atoms with Gasteiger partial charge < -0.3 is 15.5 Å². The van der Waals surface area contributed by atoms with E-state index in [4.69, 9.17) is 0 Å². The number of aromatic nitrogens is 3. The van der Waals surface area contributed by atoms with E-state index in [2.05, 4.69) is 25.6 Å². The number of likely N-dealkylation sites (N-methyl/N-ethyl adjacent to an activating group) is 1. The second kappa shape index (κ2) is 9.66. The van der Waals surface area contributed by atoms with Crippen LogP contribution in [0.4, 0.5) is 20.2 Å². The van der Waals surface area contributed by atoms with Gasteiger partial charge in [0.1, 0.15) is 17.3 Å². The Bertz CT molecular complexity index is 1310. The van der Waals surface area contributed by atoms with Crippen LogP contribution in [-0.2, 0) is 0 Å². The van der Waals surface area contributed by atoms with Gasteiger partial charge in [0.2, 0.25) is 0 Å². The Hall–Kier alpha value is -3.98. The van der Waals surface area contributed by atoms with Crippen molar-refractivity contribution in [3.8, 4) is 11.3 Å². The van der Waals surface area contributed by atoms with E-state index < -0.39 is 11.6 Å². The minimum Gasteiger partial charge on any atom is -0.355 e. The van der Waals surface area contributed by atoms with Crippen LogP contribution in [0.2, 0.25) is 0 Å². The first kappa shape index (κ1) is 22.2. The average molecular weight is 448 g/mol. The molecule has 0 atom stereocenters. The van der Waals surface area contributed by atoms with Crippen LogP contribution in [0, 0.1) is 11.6 Å². The van der Waals surface area contributed by atoms with Crippen molar-refractivity contribution < 1.29 is 13.6 Å². The molecule has 7 nitrogen and oxygen atoms in total. The van der Waals surface area contributed by atoms with Crippen molar-refractivity contribution in [1.29, 1.82) is 0 Å². The summed E-state index contributed by atoms with van der Waals surface area (Å²) in [5.74, 6) is -1.45. The number of rotatable bonds is 7. The van der Waals surface area contributed by atoms with Crippen LogP contribution in [0.1, 0.15) is 10.5 Å². The zero-order valence-corrected chi connectivity index (χ0v) is 18.1. The fourth-order valence-corrected chi connectivity index (χ4v) is 3.26. The zero-order valence-electron chi connectivity index (χ0n) is 18.1. The van der Waals surface area contributed by atoms with Gasteiger partial charge in [-0.15, -0.1) is 0 Å². The van der Waals surface area contributed by atoms with E-state index in [1.54, 1.807) is 30.5 Å². The summed E-state index contributed by atoms with van der Waals surface area (Å²) >= 11 is 0. The van der Waals surface area contributed by atoms with Gasteiger partial charge in [0, 0.05) is 42.1 Å². The molecule has 0 bridgehead atoms. The molecule has 1 amide bonds. The first-order chi connectivity index (χ1) is 15.9. The molecule has 0 saturated heterocycles. The molecule has 3 heterocycles. The number of amides is 1. The van der Waals surface area contributed by atoms with Crippen LogP contribution in [0.25, 0.3) is 22.3 Å². The van der Waals surface area contributed by atoms with Crippen molar-refractivity contribution in [3.05, 3.63) is 78.3 Å². The molecule has 4 aromatic rings. The maximum Gasteiger partial charge on any atom is 0.269 e. The number of fused-ring (bicyclic) bond motifs is 1. The van der Waals surface area contributed by atoms with Crippen LogP contribution >= 0.6 is 0 Å². The van der Waals surface area contributed by atoms with Crippen LogP contribution in [0.3, 0.4) is 0 Å². The van der Waals surface area contributed by atoms with Crippen molar-refractivity contribution >= 4 is 28.3 Å². The molecular formula is C24H22F2N6O. The number of hydrogen-bond acceptors (Lipinski definition) is 6. The summed E-state index contributed by atoms with van der Waals surface area (Å²) in [6.45, 7) is 1.20. The van der Waals surface area contributed by atoms with Crippen molar-refractivity contribution in [3.63, 3.8) is 0 Å². The van der Waals surface area contributed by atoms with Gasteiger partial charge in [-0.2, -0.15) is 0 Å². The van der Waals surface area contributed by atoms with Crippen molar-refractivity contribution in [2.24, 2.45) is 0 Å². The van der Waals surface area contributed by atoms with E-state index in [9.17, 15) is 13.6 Å². The lowest BCUT2D eigenvalue weighted by Gasteiger charge is -2.13. The largest absolute Gasteiger partial charge is 0.355 e. The lowest BCUT2D eigenvalue weighted by molar-refractivity contribution is 0.0946. The minimum absolute atomic E-state index is 0.0290. The zero-order chi connectivity index (χ0) is 23.4. The number of pyridine rings is 3. The highest BCUT2D eigenvalue weighted by Crippen LogP contribution is 2.31. The van der Waals surface area contributed by atoms with Crippen LogP contribution < -0.4 is 10.6 Å². The highest BCUT2D eigenvalue weighted by Gasteiger charge is 2.14. The van der Waals surface area contributed by atoms with Gasteiger partial charge in [-0.05, 0) is 62.6 Å². The van der Waals surface area contributed by atoms with Gasteiger partial charge >= 0.3 is 0 Å². The lowest BCUT2D eigenvalue weighted by Crippen LogP contribution is -2.31. The van der Waals surface area contributed by atoms with Crippen LogP contribution in [-0.4, -0.2) is 52.9 Å². The second-order valence-corrected chi connectivity index (χ2v) is 7.67. The Morgan fingerprint density at radius 3 is 2.70 bits per heavy atom. The molecule has 168 valence electrons. The number of halogens is 2. The fourth-order valence-electron chi connectivity index (χ4n) is 3.26. The van der Waals surface area contributed by atoms with Gasteiger partial charge in [0.15, 0.2) is 5.65 Å². The van der Waals surface area contributed by atoms with Crippen molar-refractivity contribution in [2.75, 3.05) is 32.5 Å². The molecule has 3 aromatic heterocycles. The Kier molecular flexibility index (Phi) is 6.50. The number of nitrogens with one attached hydrogen (secondary N) is 2. The SMILES string of the molecule is CN(C)CCNC(=O)c1cc(Nc2cc(-c3cc(F)ccc3F)nc3ncccc23)ccn1. The summed E-state index contributed by atoms with van der Waals surface area (Å²) in [6, 6.07) is 11.7. The van der Waals surface area contributed by atoms with Gasteiger partial charge in [-0.3, -0.25) is 9.78 Å². The summed E-state index contributed by atoms with van der Waals surface area (Å²) in [7, 11) is 3.85. The minimum atomic E-state index is -0.592. The van der Waals surface area contributed by atoms with Crippen molar-refractivity contribution in [1.82, 2.24) is 25.2 Å². The molecule has 0 fully saturated rings. The predicted molar refractivity (Wildman–Crippen MR) is 123 cm³/mol. The number of carbonyl (C=O) groups is 1. The number of anilines is 2. The smallest absolute Gasteiger partial charge is 0.269 e. The number of carbonyl (C=O) groups excluding carboxylic acids is 1. The lowest BCUT2D eigenvalue weighted by atomic mass is 10.1. The third-order valence-corrected chi connectivity index (χ3v) is 4.90. The summed E-state index contributed by atoms with van der Waals surface area (Å²) < 4.78 is 28.2. The van der Waals surface area contributed by atoms with Gasteiger partial charge in [0.05, 0.1) is 11.4 Å². The molecule has 33 heavy (non-hydrogen) atoms. The summed E-state index contributed by atoms with van der Waals surface area (Å²) in [6.07, 6.45) is 3.10. The standard InChI is InChI=1S/C24H22F2N6O/c1-32(2)11-10-29-24(33)22-13-16(7-9-27-22)30-20-14-21(18-12-15(25)5-6-19(18)26)31-23-17(20)4-3-8-28-23/h3-9,12-14H,10-11H2,1-2H3,(H,29,33)(H,27,28,30,31). The maximum absolute atomic E-state index is 14.4. The molecule has 4 rings (SSSR count). The van der Waals surface area contributed by atoms with E-state index in [0.717, 1.165) is 18.2 Å². The Morgan fingerprint density at radius 1 is 1.03 bits per heavy atom. The van der Waals surface area contributed by atoms with Gasteiger partial charge in [0.25, 0.3) is 5.91 Å². The quantitative estimate of drug-likeness (QED) is 0.445. The molecule has 0 aliphatic carbocycles. The predicted octanol–water partition coefficient (Wildman–Crippen LogP) is 4.01. The first-order valence-corrected chi connectivity index (χ1v) is 10.3. The fraction of sp³-hybridized carbons (Fsp3) is 0.167. The Labute approximate surface area is 189 Å². The van der Waals surface area contributed by atoms with E-state index in [0.29, 0.717) is 35.5 Å². The van der Waals surface area contributed by atoms with Crippen molar-refractivity contribution in [2.45, 2.75) is 0 Å².